The summed E-state index contributed by atoms with van der Waals surface area (Å²) in [5.41, 5.74) is 9.76. The van der Waals surface area contributed by atoms with Gasteiger partial charge in [-0.25, -0.2) is 0 Å². The van der Waals surface area contributed by atoms with Gasteiger partial charge < -0.3 is 16.6 Å². The first-order valence-electron chi connectivity index (χ1n) is 4.55. The Labute approximate surface area is 83.5 Å². The predicted molar refractivity (Wildman–Crippen MR) is 52.7 cm³/mol. The molecule has 5 heteroatoms. The molecule has 2 atom stereocenters. The molecule has 0 spiro atoms. The normalized spacial score (nSPS) is 17.1. The first kappa shape index (κ1) is 13.1. The molecule has 5 nitrogen and oxygen atoms in total. The summed E-state index contributed by atoms with van der Waals surface area (Å²) in [5.74, 6) is -1.12. The van der Waals surface area contributed by atoms with Gasteiger partial charge in [-0.15, -0.1) is 0 Å². The Hall–Kier alpha value is -0.940. The van der Waals surface area contributed by atoms with Gasteiger partial charge in [0.15, 0.2) is 0 Å². The summed E-state index contributed by atoms with van der Waals surface area (Å²) in [4.78, 5) is 21.4. The first-order chi connectivity index (χ1) is 6.27. The lowest BCUT2D eigenvalue weighted by molar-refractivity contribution is -0.142. The van der Waals surface area contributed by atoms with Crippen LogP contribution in [0.1, 0.15) is 33.1 Å². The Kier molecular flexibility index (Phi) is 4.73. The lowest BCUT2D eigenvalue weighted by Crippen LogP contribution is -2.45. The van der Waals surface area contributed by atoms with Gasteiger partial charge in [-0.3, -0.25) is 9.59 Å². The zero-order chi connectivity index (χ0) is 11.4. The molecule has 0 aliphatic carbocycles. The van der Waals surface area contributed by atoms with E-state index in [9.17, 15) is 9.59 Å². The molecule has 0 fully saturated rings. The van der Waals surface area contributed by atoms with E-state index >= 15 is 0 Å². The fourth-order valence-electron chi connectivity index (χ4n) is 0.999. The van der Waals surface area contributed by atoms with E-state index in [1.165, 1.54) is 13.8 Å². The van der Waals surface area contributed by atoms with Crippen molar-refractivity contribution in [2.45, 2.75) is 44.7 Å². The SMILES string of the molecule is CC(=O)C(N)CCC[C@](C)(N)C(=O)O. The Morgan fingerprint density at radius 1 is 1.50 bits per heavy atom. The number of Topliss-reactive ketones (excluding diaryl/α,β-unsaturated/α-hetero) is 1. The number of nitrogens with two attached hydrogens (primary N) is 2. The number of carboxylic acid groups (broad SMARTS) is 1. The maximum Gasteiger partial charge on any atom is 0.323 e. The number of hydrogen-bond donors (Lipinski definition) is 3. The topological polar surface area (TPSA) is 106 Å². The minimum Gasteiger partial charge on any atom is -0.480 e. The Bertz CT molecular complexity index is 226. The lowest BCUT2D eigenvalue weighted by Gasteiger charge is -2.19. The summed E-state index contributed by atoms with van der Waals surface area (Å²) >= 11 is 0. The van der Waals surface area contributed by atoms with Gasteiger partial charge in [0.05, 0.1) is 6.04 Å². The van der Waals surface area contributed by atoms with Crippen LogP contribution in [0.2, 0.25) is 0 Å². The second kappa shape index (κ2) is 5.07. The quantitative estimate of drug-likeness (QED) is 0.556. The van der Waals surface area contributed by atoms with E-state index < -0.39 is 17.6 Å². The smallest absolute Gasteiger partial charge is 0.323 e. The number of carboxylic acids is 1. The molecule has 0 saturated heterocycles. The Morgan fingerprint density at radius 2 is 2.00 bits per heavy atom. The number of hydrogen-bond acceptors (Lipinski definition) is 4. The van der Waals surface area contributed by atoms with E-state index in [0.717, 1.165) is 0 Å². The molecule has 0 amide bonds. The van der Waals surface area contributed by atoms with Gasteiger partial charge in [-0.1, -0.05) is 0 Å². The van der Waals surface area contributed by atoms with Gasteiger partial charge in [-0.05, 0) is 33.1 Å². The molecule has 82 valence electrons. The van der Waals surface area contributed by atoms with E-state index in [4.69, 9.17) is 16.6 Å². The highest BCUT2D eigenvalue weighted by molar-refractivity contribution is 5.81. The Balaban J connectivity index is 3.85. The van der Waals surface area contributed by atoms with Crippen LogP contribution in [-0.2, 0) is 9.59 Å². The van der Waals surface area contributed by atoms with Gasteiger partial charge in [0.25, 0.3) is 0 Å². The van der Waals surface area contributed by atoms with Crippen molar-refractivity contribution < 1.29 is 14.7 Å². The molecule has 0 heterocycles. The van der Waals surface area contributed by atoms with E-state index in [0.29, 0.717) is 19.3 Å². The van der Waals surface area contributed by atoms with Crippen LogP contribution < -0.4 is 11.5 Å². The zero-order valence-electron chi connectivity index (χ0n) is 8.62. The van der Waals surface area contributed by atoms with Crippen molar-refractivity contribution in [3.8, 4) is 0 Å². The number of ketones is 1. The molecular weight excluding hydrogens is 184 g/mol. The molecule has 0 rings (SSSR count). The van der Waals surface area contributed by atoms with Crippen LogP contribution in [0.5, 0.6) is 0 Å². The number of rotatable bonds is 6. The summed E-state index contributed by atoms with van der Waals surface area (Å²) in [5, 5.41) is 8.69. The molecule has 5 N–H and O–H groups in total. The van der Waals surface area contributed by atoms with Crippen LogP contribution in [0.15, 0.2) is 0 Å². The predicted octanol–water partition coefficient (Wildman–Crippen LogP) is -0.125. The van der Waals surface area contributed by atoms with E-state index in [1.54, 1.807) is 0 Å². The van der Waals surface area contributed by atoms with Gasteiger partial charge >= 0.3 is 5.97 Å². The first-order valence-corrected chi connectivity index (χ1v) is 4.55. The van der Waals surface area contributed by atoms with E-state index in [1.807, 2.05) is 0 Å². The maximum absolute atomic E-state index is 10.8. The summed E-state index contributed by atoms with van der Waals surface area (Å²) in [6.07, 6.45) is 1.35. The third-order valence-corrected chi connectivity index (χ3v) is 2.22. The molecule has 0 aromatic rings. The lowest BCUT2D eigenvalue weighted by atomic mass is 9.94. The summed E-state index contributed by atoms with van der Waals surface area (Å²) < 4.78 is 0. The summed E-state index contributed by atoms with van der Waals surface area (Å²) in [6, 6.07) is -0.500. The molecule has 0 aliphatic rings. The summed E-state index contributed by atoms with van der Waals surface area (Å²) in [7, 11) is 0. The van der Waals surface area contributed by atoms with Crippen LogP contribution in [0, 0.1) is 0 Å². The molecule has 0 radical (unpaired) electrons. The van der Waals surface area contributed by atoms with Crippen molar-refractivity contribution in [2.24, 2.45) is 11.5 Å². The average molecular weight is 202 g/mol. The van der Waals surface area contributed by atoms with Crippen molar-refractivity contribution in [3.63, 3.8) is 0 Å². The number of carbonyl (C=O) groups is 2. The zero-order valence-corrected chi connectivity index (χ0v) is 8.62. The van der Waals surface area contributed by atoms with Crippen molar-refractivity contribution >= 4 is 11.8 Å². The van der Waals surface area contributed by atoms with E-state index in [-0.39, 0.29) is 5.78 Å². The molecule has 0 saturated carbocycles. The molecule has 0 aliphatic heterocycles. The minimum absolute atomic E-state index is 0.0842. The number of aliphatic carboxylic acids is 1. The number of carbonyl (C=O) groups excluding carboxylic acids is 1. The molecule has 0 bridgehead atoms. The van der Waals surface area contributed by atoms with Gasteiger partial charge in [0, 0.05) is 0 Å². The van der Waals surface area contributed by atoms with Gasteiger partial charge in [-0.2, -0.15) is 0 Å². The third kappa shape index (κ3) is 4.34. The largest absolute Gasteiger partial charge is 0.480 e. The average Bonchev–Trinajstić information content (AvgIpc) is 2.03. The third-order valence-electron chi connectivity index (χ3n) is 2.22. The van der Waals surface area contributed by atoms with Crippen LogP contribution in [0.25, 0.3) is 0 Å². The highest BCUT2D eigenvalue weighted by atomic mass is 16.4. The second-order valence-electron chi connectivity index (χ2n) is 3.83. The van der Waals surface area contributed by atoms with Crippen molar-refractivity contribution in [1.82, 2.24) is 0 Å². The highest BCUT2D eigenvalue weighted by Gasteiger charge is 2.27. The fourth-order valence-corrected chi connectivity index (χ4v) is 0.999. The summed E-state index contributed by atoms with van der Waals surface area (Å²) in [6.45, 7) is 2.87. The van der Waals surface area contributed by atoms with Crippen LogP contribution in [-0.4, -0.2) is 28.4 Å². The maximum atomic E-state index is 10.8. The minimum atomic E-state index is -1.23. The molecule has 0 aromatic heterocycles. The van der Waals surface area contributed by atoms with E-state index in [2.05, 4.69) is 0 Å². The second-order valence-corrected chi connectivity index (χ2v) is 3.83. The molecule has 14 heavy (non-hydrogen) atoms. The molecule has 1 unspecified atom stereocenters. The van der Waals surface area contributed by atoms with Crippen LogP contribution in [0.3, 0.4) is 0 Å². The Morgan fingerprint density at radius 3 is 2.36 bits per heavy atom. The van der Waals surface area contributed by atoms with Crippen molar-refractivity contribution in [1.29, 1.82) is 0 Å². The standard InChI is InChI=1S/C9H18N2O3/c1-6(12)7(10)4-3-5-9(2,11)8(13)14/h7H,3-5,10-11H2,1-2H3,(H,13,14)/t7?,9-/m0/s1. The monoisotopic (exact) mass is 202 g/mol. The van der Waals surface area contributed by atoms with Crippen LogP contribution in [0.4, 0.5) is 0 Å². The highest BCUT2D eigenvalue weighted by Crippen LogP contribution is 2.11. The fraction of sp³-hybridized carbons (Fsp3) is 0.778. The van der Waals surface area contributed by atoms with Crippen molar-refractivity contribution in [2.75, 3.05) is 0 Å². The molecular formula is C9H18N2O3. The molecule has 0 aromatic carbocycles. The van der Waals surface area contributed by atoms with Crippen LogP contribution >= 0.6 is 0 Å². The van der Waals surface area contributed by atoms with Crippen molar-refractivity contribution in [3.05, 3.63) is 0 Å². The van der Waals surface area contributed by atoms with Gasteiger partial charge in [0.1, 0.15) is 11.3 Å². The van der Waals surface area contributed by atoms with Gasteiger partial charge in [0.2, 0.25) is 0 Å².